The molecule has 0 fully saturated rings. The van der Waals surface area contributed by atoms with E-state index in [1.165, 1.54) is 18.2 Å². The van der Waals surface area contributed by atoms with Gasteiger partial charge in [-0.1, -0.05) is 23.7 Å². The van der Waals surface area contributed by atoms with Gasteiger partial charge in [-0.3, -0.25) is 0 Å². The van der Waals surface area contributed by atoms with E-state index in [9.17, 15) is 8.42 Å². The van der Waals surface area contributed by atoms with Gasteiger partial charge in [-0.2, -0.15) is 18.6 Å². The molecule has 0 bridgehead atoms. The first-order valence-electron chi connectivity index (χ1n) is 8.38. The Labute approximate surface area is 168 Å². The van der Waals surface area contributed by atoms with Gasteiger partial charge in [-0.05, 0) is 42.8 Å². The van der Waals surface area contributed by atoms with Crippen molar-refractivity contribution in [1.82, 2.24) is 10.2 Å². The zero-order chi connectivity index (χ0) is 20.0. The molecule has 0 amide bonds. The van der Waals surface area contributed by atoms with Gasteiger partial charge < -0.3 is 14.2 Å². The van der Waals surface area contributed by atoms with Gasteiger partial charge in [-0.25, -0.2) is 0 Å². The normalized spacial score (nSPS) is 11.1. The van der Waals surface area contributed by atoms with E-state index in [1.807, 2.05) is 6.92 Å². The fourth-order valence-electron chi connectivity index (χ4n) is 2.42. The molecule has 1 aromatic heterocycles. The van der Waals surface area contributed by atoms with Crippen molar-refractivity contribution in [3.63, 3.8) is 0 Å². The van der Waals surface area contributed by atoms with Crippen molar-refractivity contribution >= 4 is 27.4 Å². The quantitative estimate of drug-likeness (QED) is 0.439. The van der Waals surface area contributed by atoms with Crippen LogP contribution in [0, 0.1) is 6.92 Å². The van der Waals surface area contributed by atoms with Crippen molar-refractivity contribution in [3.05, 3.63) is 71.5 Å². The lowest BCUT2D eigenvalue weighted by atomic mass is 10.2. The minimum atomic E-state index is -4.05. The number of hydrogen-bond acceptors (Lipinski definition) is 7. The third-order valence-electron chi connectivity index (χ3n) is 3.62. The van der Waals surface area contributed by atoms with Crippen molar-refractivity contribution in [2.45, 2.75) is 11.8 Å². The van der Waals surface area contributed by atoms with Crippen LogP contribution in [0.25, 0.3) is 0 Å². The Morgan fingerprint density at radius 2 is 1.86 bits per heavy atom. The summed E-state index contributed by atoms with van der Waals surface area (Å²) >= 11 is 5.97. The lowest BCUT2D eigenvalue weighted by molar-refractivity contribution is 0.331. The minimum Gasteiger partial charge on any atom is -0.492 e. The minimum absolute atomic E-state index is 0.0872. The molecule has 146 valence electrons. The van der Waals surface area contributed by atoms with E-state index in [1.54, 1.807) is 42.7 Å². The second-order valence-electron chi connectivity index (χ2n) is 5.86. The van der Waals surface area contributed by atoms with Gasteiger partial charge >= 0.3 is 10.1 Å². The number of nitrogens with one attached hydrogen (secondary N) is 1. The number of nitrogens with zero attached hydrogens (tertiary/aromatic N) is 2. The highest BCUT2D eigenvalue weighted by Crippen LogP contribution is 2.28. The molecule has 2 aromatic carbocycles. The Bertz CT molecular complexity index is 1050. The van der Waals surface area contributed by atoms with Gasteiger partial charge in [0.25, 0.3) is 0 Å². The molecule has 7 nitrogen and oxygen atoms in total. The van der Waals surface area contributed by atoms with E-state index in [4.69, 9.17) is 20.5 Å². The molecule has 0 aliphatic carbocycles. The molecule has 3 aromatic rings. The maximum Gasteiger partial charge on any atom is 0.340 e. The van der Waals surface area contributed by atoms with Crippen LogP contribution in [0.4, 0.5) is 5.69 Å². The SMILES string of the molecule is Cc1cc(OCCNc2ccnnc2)cc(OS(=O)(=O)c2ccccc2Cl)c1. The summed E-state index contributed by atoms with van der Waals surface area (Å²) in [6, 6.07) is 12.8. The van der Waals surface area contributed by atoms with Crippen LogP contribution in [0.2, 0.25) is 5.02 Å². The zero-order valence-corrected chi connectivity index (χ0v) is 16.6. The van der Waals surface area contributed by atoms with Crippen LogP contribution < -0.4 is 14.2 Å². The average Bonchev–Trinajstić information content (AvgIpc) is 2.65. The summed E-state index contributed by atoms with van der Waals surface area (Å²) in [7, 11) is -4.05. The Balaban J connectivity index is 1.65. The number of aromatic nitrogens is 2. The van der Waals surface area contributed by atoms with Crippen LogP contribution >= 0.6 is 11.6 Å². The summed E-state index contributed by atoms with van der Waals surface area (Å²) in [6.45, 7) is 2.72. The molecule has 1 N–H and O–H groups in total. The molecule has 1 heterocycles. The third kappa shape index (κ3) is 5.34. The number of halogens is 1. The predicted octanol–water partition coefficient (Wildman–Crippen LogP) is 3.70. The summed E-state index contributed by atoms with van der Waals surface area (Å²) in [5.74, 6) is 0.653. The fraction of sp³-hybridized carbons (Fsp3) is 0.158. The van der Waals surface area contributed by atoms with Crippen LogP contribution in [0.5, 0.6) is 11.5 Å². The number of ether oxygens (including phenoxy) is 1. The van der Waals surface area contributed by atoms with Crippen molar-refractivity contribution in [1.29, 1.82) is 0 Å². The molecule has 0 aliphatic rings. The van der Waals surface area contributed by atoms with Crippen LogP contribution in [-0.2, 0) is 10.1 Å². The summed E-state index contributed by atoms with van der Waals surface area (Å²) in [5.41, 5.74) is 1.63. The standard InChI is InChI=1S/C19H18ClN3O4S/c1-14-10-16(26-9-8-21-15-6-7-22-23-13-15)12-17(11-14)27-28(24,25)19-5-3-2-4-18(19)20/h2-7,10-13H,8-9H2,1H3,(H,21,22). The highest BCUT2D eigenvalue weighted by molar-refractivity contribution is 7.87. The van der Waals surface area contributed by atoms with Gasteiger partial charge in [-0.15, -0.1) is 0 Å². The molecule has 3 rings (SSSR count). The molecule has 0 unspecified atom stereocenters. The van der Waals surface area contributed by atoms with Crippen LogP contribution in [0.15, 0.2) is 65.8 Å². The Kier molecular flexibility index (Phi) is 6.33. The lowest BCUT2D eigenvalue weighted by Gasteiger charge is -2.12. The molecule has 0 spiro atoms. The molecule has 0 radical (unpaired) electrons. The number of anilines is 1. The largest absolute Gasteiger partial charge is 0.492 e. The molecule has 0 saturated heterocycles. The lowest BCUT2D eigenvalue weighted by Crippen LogP contribution is -2.12. The molecule has 0 atom stereocenters. The van der Waals surface area contributed by atoms with Crippen LogP contribution in [0.3, 0.4) is 0 Å². The number of rotatable bonds is 8. The summed E-state index contributed by atoms with van der Waals surface area (Å²) in [5, 5.41) is 10.7. The van der Waals surface area contributed by atoms with E-state index in [0.29, 0.717) is 18.9 Å². The second kappa shape index (κ2) is 8.90. The van der Waals surface area contributed by atoms with Crippen LogP contribution in [0.1, 0.15) is 5.56 Å². The highest BCUT2D eigenvalue weighted by Gasteiger charge is 2.20. The van der Waals surface area contributed by atoms with Crippen molar-refractivity contribution in [2.24, 2.45) is 0 Å². The molecular formula is C19H18ClN3O4S. The summed E-state index contributed by atoms with van der Waals surface area (Å²) in [6.07, 6.45) is 3.20. The Morgan fingerprint density at radius 1 is 1.07 bits per heavy atom. The summed E-state index contributed by atoms with van der Waals surface area (Å²) < 4.78 is 35.9. The highest BCUT2D eigenvalue weighted by atomic mass is 35.5. The topological polar surface area (TPSA) is 90.4 Å². The maximum atomic E-state index is 12.5. The van der Waals surface area contributed by atoms with Gasteiger partial charge in [0.15, 0.2) is 0 Å². The molecular weight excluding hydrogens is 402 g/mol. The zero-order valence-electron chi connectivity index (χ0n) is 15.0. The maximum absolute atomic E-state index is 12.5. The number of benzene rings is 2. The van der Waals surface area contributed by atoms with Gasteiger partial charge in [0.05, 0.1) is 23.1 Å². The first-order chi connectivity index (χ1) is 13.4. The Morgan fingerprint density at radius 3 is 2.61 bits per heavy atom. The third-order valence-corrected chi connectivity index (χ3v) is 5.37. The summed E-state index contributed by atoms with van der Waals surface area (Å²) in [4.78, 5) is -0.0872. The first kappa shape index (κ1) is 19.9. The molecule has 9 heteroatoms. The molecule has 0 aliphatic heterocycles. The van der Waals surface area contributed by atoms with E-state index < -0.39 is 10.1 Å². The second-order valence-corrected chi connectivity index (χ2v) is 7.78. The predicted molar refractivity (Wildman–Crippen MR) is 106 cm³/mol. The van der Waals surface area contributed by atoms with E-state index >= 15 is 0 Å². The van der Waals surface area contributed by atoms with Gasteiger partial charge in [0, 0.05) is 12.6 Å². The number of aryl methyl sites for hydroxylation is 1. The van der Waals surface area contributed by atoms with Crippen molar-refractivity contribution < 1.29 is 17.3 Å². The van der Waals surface area contributed by atoms with E-state index in [-0.39, 0.29) is 15.7 Å². The smallest absolute Gasteiger partial charge is 0.340 e. The van der Waals surface area contributed by atoms with Crippen molar-refractivity contribution in [3.8, 4) is 11.5 Å². The molecule has 28 heavy (non-hydrogen) atoms. The van der Waals surface area contributed by atoms with Crippen LogP contribution in [-0.4, -0.2) is 31.8 Å². The van der Waals surface area contributed by atoms with E-state index in [0.717, 1.165) is 11.3 Å². The van der Waals surface area contributed by atoms with Crippen molar-refractivity contribution in [2.75, 3.05) is 18.5 Å². The fourth-order valence-corrected chi connectivity index (χ4v) is 3.83. The van der Waals surface area contributed by atoms with E-state index in [2.05, 4.69) is 15.5 Å². The number of hydrogen-bond donors (Lipinski definition) is 1. The monoisotopic (exact) mass is 419 g/mol. The average molecular weight is 420 g/mol. The molecule has 0 saturated carbocycles. The Hall–Kier alpha value is -2.84. The van der Waals surface area contributed by atoms with Gasteiger partial charge in [0.1, 0.15) is 23.0 Å². The first-order valence-corrected chi connectivity index (χ1v) is 10.2. The van der Waals surface area contributed by atoms with Gasteiger partial charge in [0.2, 0.25) is 0 Å².